The summed E-state index contributed by atoms with van der Waals surface area (Å²) in [4.78, 5) is 6.60. The number of nitrogens with two attached hydrogens (primary N) is 1. The first-order valence-electron chi connectivity index (χ1n) is 5.32. The Morgan fingerprint density at radius 1 is 1.67 bits per heavy atom. The molecule has 0 saturated carbocycles. The first kappa shape index (κ1) is 10.4. The molecule has 1 atom stereocenters. The van der Waals surface area contributed by atoms with E-state index in [2.05, 4.69) is 14.5 Å². The Bertz CT molecular complexity index is 312. The minimum atomic E-state index is 0.289. The van der Waals surface area contributed by atoms with E-state index in [1.54, 1.807) is 7.11 Å². The molecule has 1 aromatic rings. The Labute approximate surface area is 89.8 Å². The van der Waals surface area contributed by atoms with Crippen molar-refractivity contribution in [3.63, 3.8) is 0 Å². The molecular formula is C10H18N4O. The highest BCUT2D eigenvalue weighted by Gasteiger charge is 2.22. The molecule has 2 rings (SSSR count). The van der Waals surface area contributed by atoms with Crippen molar-refractivity contribution in [2.75, 3.05) is 31.7 Å². The molecule has 0 aliphatic carbocycles. The fourth-order valence-electron chi connectivity index (χ4n) is 1.92. The summed E-state index contributed by atoms with van der Waals surface area (Å²) in [6.45, 7) is 3.47. The van der Waals surface area contributed by atoms with Gasteiger partial charge in [0.2, 0.25) is 5.95 Å². The summed E-state index contributed by atoms with van der Waals surface area (Å²) >= 11 is 0. The van der Waals surface area contributed by atoms with Gasteiger partial charge in [-0.25, -0.2) is 4.98 Å². The second kappa shape index (κ2) is 4.63. The monoisotopic (exact) mass is 210 g/mol. The molecule has 15 heavy (non-hydrogen) atoms. The van der Waals surface area contributed by atoms with Crippen molar-refractivity contribution in [1.29, 1.82) is 0 Å². The number of anilines is 1. The van der Waals surface area contributed by atoms with Gasteiger partial charge in [-0.15, -0.1) is 0 Å². The number of ether oxygens (including phenoxy) is 1. The van der Waals surface area contributed by atoms with E-state index in [9.17, 15) is 0 Å². The topological polar surface area (TPSA) is 56.3 Å². The van der Waals surface area contributed by atoms with E-state index >= 15 is 0 Å². The van der Waals surface area contributed by atoms with Gasteiger partial charge in [0.15, 0.2) is 0 Å². The van der Waals surface area contributed by atoms with Gasteiger partial charge in [0.05, 0.1) is 6.61 Å². The van der Waals surface area contributed by atoms with E-state index < -0.39 is 0 Å². The normalized spacial score (nSPS) is 21.2. The zero-order valence-electron chi connectivity index (χ0n) is 9.09. The molecule has 1 saturated heterocycles. The van der Waals surface area contributed by atoms with Crippen LogP contribution in [-0.2, 0) is 11.3 Å². The second-order valence-corrected chi connectivity index (χ2v) is 3.91. The van der Waals surface area contributed by atoms with Gasteiger partial charge < -0.3 is 19.9 Å². The standard InChI is InChI=1S/C10H18N4O/c1-15-7-6-13-5-3-12-10(13)14-4-2-9(11)8-14/h3,5,9H,2,4,6-8,11H2,1H3. The smallest absolute Gasteiger partial charge is 0.205 e. The summed E-state index contributed by atoms with van der Waals surface area (Å²) < 4.78 is 7.17. The molecule has 0 bridgehead atoms. The van der Waals surface area contributed by atoms with E-state index in [4.69, 9.17) is 10.5 Å². The quantitative estimate of drug-likeness (QED) is 0.764. The third-order valence-corrected chi connectivity index (χ3v) is 2.74. The van der Waals surface area contributed by atoms with Crippen molar-refractivity contribution in [3.05, 3.63) is 12.4 Å². The Balaban J connectivity index is 2.04. The molecule has 0 amide bonds. The van der Waals surface area contributed by atoms with Gasteiger partial charge in [0, 0.05) is 45.2 Å². The number of hydrogen-bond donors (Lipinski definition) is 1. The fraction of sp³-hybridized carbons (Fsp3) is 0.700. The lowest BCUT2D eigenvalue weighted by molar-refractivity contribution is 0.187. The fourth-order valence-corrected chi connectivity index (χ4v) is 1.92. The molecule has 84 valence electrons. The number of aromatic nitrogens is 2. The van der Waals surface area contributed by atoms with Gasteiger partial charge in [-0.3, -0.25) is 0 Å². The van der Waals surface area contributed by atoms with Gasteiger partial charge in [0.25, 0.3) is 0 Å². The van der Waals surface area contributed by atoms with E-state index in [-0.39, 0.29) is 6.04 Å². The maximum Gasteiger partial charge on any atom is 0.205 e. The van der Waals surface area contributed by atoms with Gasteiger partial charge >= 0.3 is 0 Å². The van der Waals surface area contributed by atoms with Crippen LogP contribution in [0.5, 0.6) is 0 Å². The lowest BCUT2D eigenvalue weighted by Gasteiger charge is -2.18. The average Bonchev–Trinajstić information content (AvgIpc) is 2.82. The molecule has 0 radical (unpaired) electrons. The van der Waals surface area contributed by atoms with Crippen LogP contribution in [0.4, 0.5) is 5.95 Å². The van der Waals surface area contributed by atoms with E-state index in [1.165, 1.54) is 0 Å². The zero-order chi connectivity index (χ0) is 10.7. The Morgan fingerprint density at radius 3 is 3.20 bits per heavy atom. The molecule has 1 aromatic heterocycles. The molecule has 5 nitrogen and oxygen atoms in total. The summed E-state index contributed by atoms with van der Waals surface area (Å²) in [6.07, 6.45) is 4.87. The molecule has 1 unspecified atom stereocenters. The highest BCUT2D eigenvalue weighted by molar-refractivity contribution is 5.33. The van der Waals surface area contributed by atoms with Gasteiger partial charge in [-0.1, -0.05) is 0 Å². The summed E-state index contributed by atoms with van der Waals surface area (Å²) in [6, 6.07) is 0.289. The summed E-state index contributed by atoms with van der Waals surface area (Å²) in [5.41, 5.74) is 5.88. The van der Waals surface area contributed by atoms with Crippen molar-refractivity contribution in [3.8, 4) is 0 Å². The number of rotatable bonds is 4. The van der Waals surface area contributed by atoms with Crippen LogP contribution in [0.25, 0.3) is 0 Å². The largest absolute Gasteiger partial charge is 0.383 e. The highest BCUT2D eigenvalue weighted by atomic mass is 16.5. The van der Waals surface area contributed by atoms with Crippen LogP contribution in [0.1, 0.15) is 6.42 Å². The minimum absolute atomic E-state index is 0.289. The predicted molar refractivity (Wildman–Crippen MR) is 58.9 cm³/mol. The summed E-state index contributed by atoms with van der Waals surface area (Å²) in [5, 5.41) is 0. The molecule has 2 heterocycles. The van der Waals surface area contributed by atoms with Crippen LogP contribution in [0.15, 0.2) is 12.4 Å². The zero-order valence-corrected chi connectivity index (χ0v) is 9.09. The molecule has 0 spiro atoms. The second-order valence-electron chi connectivity index (χ2n) is 3.91. The molecule has 1 aliphatic rings. The molecule has 2 N–H and O–H groups in total. The Hall–Kier alpha value is -1.07. The van der Waals surface area contributed by atoms with Crippen molar-refractivity contribution in [2.45, 2.75) is 19.0 Å². The maximum absolute atomic E-state index is 5.88. The van der Waals surface area contributed by atoms with Gasteiger partial charge in [0.1, 0.15) is 0 Å². The number of methoxy groups -OCH3 is 1. The summed E-state index contributed by atoms with van der Waals surface area (Å²) in [7, 11) is 1.71. The van der Waals surface area contributed by atoms with Crippen molar-refractivity contribution >= 4 is 5.95 Å². The number of imidazole rings is 1. The van der Waals surface area contributed by atoms with Crippen LogP contribution in [0.2, 0.25) is 0 Å². The Kier molecular flexibility index (Phi) is 3.23. The first-order chi connectivity index (χ1) is 7.31. The third kappa shape index (κ3) is 2.30. The van der Waals surface area contributed by atoms with Crippen LogP contribution < -0.4 is 10.6 Å². The van der Waals surface area contributed by atoms with E-state index in [0.29, 0.717) is 6.61 Å². The average molecular weight is 210 g/mol. The highest BCUT2D eigenvalue weighted by Crippen LogP contribution is 2.17. The van der Waals surface area contributed by atoms with Crippen LogP contribution in [-0.4, -0.2) is 42.4 Å². The molecular weight excluding hydrogens is 192 g/mol. The molecule has 0 aromatic carbocycles. The van der Waals surface area contributed by atoms with Gasteiger partial charge in [-0.2, -0.15) is 0 Å². The van der Waals surface area contributed by atoms with Gasteiger partial charge in [-0.05, 0) is 6.42 Å². The maximum atomic E-state index is 5.88. The summed E-state index contributed by atoms with van der Waals surface area (Å²) in [5.74, 6) is 1.01. The van der Waals surface area contributed by atoms with Crippen LogP contribution >= 0.6 is 0 Å². The third-order valence-electron chi connectivity index (χ3n) is 2.74. The molecule has 5 heteroatoms. The van der Waals surface area contributed by atoms with Crippen molar-refractivity contribution in [2.24, 2.45) is 5.73 Å². The molecule has 1 aliphatic heterocycles. The Morgan fingerprint density at radius 2 is 2.53 bits per heavy atom. The van der Waals surface area contributed by atoms with Crippen molar-refractivity contribution < 1.29 is 4.74 Å². The SMILES string of the molecule is COCCn1ccnc1N1CCC(N)C1. The number of hydrogen-bond acceptors (Lipinski definition) is 4. The molecule has 1 fully saturated rings. The first-order valence-corrected chi connectivity index (χ1v) is 5.32. The minimum Gasteiger partial charge on any atom is -0.383 e. The van der Waals surface area contributed by atoms with Crippen LogP contribution in [0, 0.1) is 0 Å². The van der Waals surface area contributed by atoms with Crippen LogP contribution in [0.3, 0.4) is 0 Å². The predicted octanol–water partition coefficient (Wildman–Crippen LogP) is 0.0669. The van der Waals surface area contributed by atoms with E-state index in [0.717, 1.165) is 32.0 Å². The van der Waals surface area contributed by atoms with Crippen molar-refractivity contribution in [1.82, 2.24) is 9.55 Å². The lowest BCUT2D eigenvalue weighted by Crippen LogP contribution is -2.28. The van der Waals surface area contributed by atoms with E-state index in [1.807, 2.05) is 12.4 Å². The number of nitrogens with zero attached hydrogens (tertiary/aromatic N) is 3. The lowest BCUT2D eigenvalue weighted by atomic mass is 10.3.